The SMILES string of the molecule is CCNC(=O)CC(O)C(N)CCc1ccccc1. The molecule has 2 atom stereocenters. The lowest BCUT2D eigenvalue weighted by molar-refractivity contribution is -0.123. The predicted molar refractivity (Wildman–Crippen MR) is 72.0 cm³/mol. The van der Waals surface area contributed by atoms with Crippen molar-refractivity contribution in [2.24, 2.45) is 5.73 Å². The highest BCUT2D eigenvalue weighted by Crippen LogP contribution is 2.07. The van der Waals surface area contributed by atoms with Crippen LogP contribution >= 0.6 is 0 Å². The van der Waals surface area contributed by atoms with Crippen LogP contribution in [0.1, 0.15) is 25.3 Å². The highest BCUT2D eigenvalue weighted by Gasteiger charge is 2.17. The van der Waals surface area contributed by atoms with Gasteiger partial charge in [0.05, 0.1) is 12.5 Å². The summed E-state index contributed by atoms with van der Waals surface area (Å²) in [7, 11) is 0. The lowest BCUT2D eigenvalue weighted by Crippen LogP contribution is -2.39. The maximum atomic E-state index is 11.3. The van der Waals surface area contributed by atoms with Crippen molar-refractivity contribution in [3.8, 4) is 0 Å². The molecule has 4 N–H and O–H groups in total. The standard InChI is InChI=1S/C14H22N2O2/c1-2-16-14(18)10-13(17)12(15)9-8-11-6-4-3-5-7-11/h3-7,12-13,17H,2,8-10,15H2,1H3,(H,16,18). The van der Waals surface area contributed by atoms with Crippen molar-refractivity contribution in [1.82, 2.24) is 5.32 Å². The molecular weight excluding hydrogens is 228 g/mol. The fraction of sp³-hybridized carbons (Fsp3) is 0.500. The third-order valence-corrected chi connectivity index (χ3v) is 2.87. The van der Waals surface area contributed by atoms with E-state index in [0.717, 1.165) is 6.42 Å². The van der Waals surface area contributed by atoms with Gasteiger partial charge in [-0.3, -0.25) is 4.79 Å². The molecule has 1 rings (SSSR count). The summed E-state index contributed by atoms with van der Waals surface area (Å²) in [5.74, 6) is -0.153. The van der Waals surface area contributed by atoms with Crippen molar-refractivity contribution in [2.75, 3.05) is 6.54 Å². The molecule has 0 aliphatic rings. The molecule has 4 heteroatoms. The van der Waals surface area contributed by atoms with Gasteiger partial charge in [-0.15, -0.1) is 0 Å². The molecule has 1 aromatic carbocycles. The summed E-state index contributed by atoms with van der Waals surface area (Å²) < 4.78 is 0. The van der Waals surface area contributed by atoms with Crippen molar-refractivity contribution in [3.05, 3.63) is 35.9 Å². The Hall–Kier alpha value is -1.39. The molecular formula is C14H22N2O2. The monoisotopic (exact) mass is 250 g/mol. The van der Waals surface area contributed by atoms with Gasteiger partial charge in [0.25, 0.3) is 0 Å². The van der Waals surface area contributed by atoms with E-state index in [9.17, 15) is 9.90 Å². The van der Waals surface area contributed by atoms with E-state index in [0.29, 0.717) is 13.0 Å². The van der Waals surface area contributed by atoms with Gasteiger partial charge < -0.3 is 16.2 Å². The number of hydrogen-bond acceptors (Lipinski definition) is 3. The van der Waals surface area contributed by atoms with Crippen molar-refractivity contribution < 1.29 is 9.90 Å². The smallest absolute Gasteiger partial charge is 0.222 e. The van der Waals surface area contributed by atoms with E-state index in [1.165, 1.54) is 5.56 Å². The first kappa shape index (κ1) is 14.7. The molecule has 1 amide bonds. The number of aryl methyl sites for hydroxylation is 1. The second-order valence-electron chi connectivity index (χ2n) is 4.41. The van der Waals surface area contributed by atoms with E-state index < -0.39 is 6.10 Å². The summed E-state index contributed by atoms with van der Waals surface area (Å²) in [6.07, 6.45) is 0.781. The Labute approximate surface area is 108 Å². The first-order valence-corrected chi connectivity index (χ1v) is 6.37. The van der Waals surface area contributed by atoms with Gasteiger partial charge in [-0.2, -0.15) is 0 Å². The fourth-order valence-corrected chi connectivity index (χ4v) is 1.78. The normalized spacial score (nSPS) is 13.9. The molecule has 18 heavy (non-hydrogen) atoms. The maximum absolute atomic E-state index is 11.3. The van der Waals surface area contributed by atoms with Crippen molar-refractivity contribution in [2.45, 2.75) is 38.3 Å². The first-order valence-electron chi connectivity index (χ1n) is 6.37. The fourth-order valence-electron chi connectivity index (χ4n) is 1.78. The van der Waals surface area contributed by atoms with Crippen molar-refractivity contribution in [3.63, 3.8) is 0 Å². The molecule has 2 unspecified atom stereocenters. The van der Waals surface area contributed by atoms with E-state index >= 15 is 0 Å². The Balaban J connectivity index is 2.31. The highest BCUT2D eigenvalue weighted by molar-refractivity contribution is 5.76. The molecule has 0 saturated heterocycles. The van der Waals surface area contributed by atoms with Crippen LogP contribution < -0.4 is 11.1 Å². The van der Waals surface area contributed by atoms with Crippen LogP contribution in [0.5, 0.6) is 0 Å². The number of rotatable bonds is 7. The summed E-state index contributed by atoms with van der Waals surface area (Å²) in [6.45, 7) is 2.42. The lowest BCUT2D eigenvalue weighted by atomic mass is 10.00. The average Bonchev–Trinajstić information content (AvgIpc) is 2.37. The third-order valence-electron chi connectivity index (χ3n) is 2.87. The molecule has 0 aliphatic carbocycles. The van der Waals surface area contributed by atoms with Crippen LogP contribution in [-0.2, 0) is 11.2 Å². The van der Waals surface area contributed by atoms with Crippen molar-refractivity contribution >= 4 is 5.91 Å². The van der Waals surface area contributed by atoms with Gasteiger partial charge in [0, 0.05) is 12.6 Å². The van der Waals surface area contributed by atoms with Crippen LogP contribution in [0.25, 0.3) is 0 Å². The number of amides is 1. The van der Waals surface area contributed by atoms with E-state index in [4.69, 9.17) is 5.73 Å². The highest BCUT2D eigenvalue weighted by atomic mass is 16.3. The minimum atomic E-state index is -0.778. The number of carbonyl (C=O) groups excluding carboxylic acids is 1. The molecule has 0 spiro atoms. The van der Waals surface area contributed by atoms with Gasteiger partial charge in [0.2, 0.25) is 5.91 Å². The van der Waals surface area contributed by atoms with Crippen LogP contribution in [0.2, 0.25) is 0 Å². The summed E-state index contributed by atoms with van der Waals surface area (Å²) in [5.41, 5.74) is 7.07. The number of hydrogen-bond donors (Lipinski definition) is 3. The number of aliphatic hydroxyl groups is 1. The van der Waals surface area contributed by atoms with Crippen molar-refractivity contribution in [1.29, 1.82) is 0 Å². The third kappa shape index (κ3) is 5.29. The minimum Gasteiger partial charge on any atom is -0.391 e. The zero-order valence-electron chi connectivity index (χ0n) is 10.8. The van der Waals surface area contributed by atoms with Crippen LogP contribution in [0.15, 0.2) is 30.3 Å². The molecule has 0 saturated carbocycles. The zero-order valence-corrected chi connectivity index (χ0v) is 10.8. The van der Waals surface area contributed by atoms with E-state index in [1.54, 1.807) is 0 Å². The maximum Gasteiger partial charge on any atom is 0.222 e. The van der Waals surface area contributed by atoms with Crippen LogP contribution in [0.3, 0.4) is 0 Å². The van der Waals surface area contributed by atoms with Crippen LogP contribution in [0, 0.1) is 0 Å². The molecule has 1 aromatic rings. The Bertz CT molecular complexity index is 354. The van der Waals surface area contributed by atoms with Gasteiger partial charge in [0.1, 0.15) is 0 Å². The largest absolute Gasteiger partial charge is 0.391 e. The topological polar surface area (TPSA) is 75.3 Å². The predicted octanol–water partition coefficient (Wildman–Crippen LogP) is 0.834. The lowest BCUT2D eigenvalue weighted by Gasteiger charge is -2.18. The van der Waals surface area contributed by atoms with Gasteiger partial charge in [-0.25, -0.2) is 0 Å². The van der Waals surface area contributed by atoms with Gasteiger partial charge >= 0.3 is 0 Å². The molecule has 0 radical (unpaired) electrons. The van der Waals surface area contributed by atoms with E-state index in [1.807, 2.05) is 37.3 Å². The number of benzene rings is 1. The Kier molecular flexibility index (Phi) is 6.39. The zero-order chi connectivity index (χ0) is 13.4. The Morgan fingerprint density at radius 1 is 1.39 bits per heavy atom. The molecule has 0 fully saturated rings. The molecule has 0 aliphatic heterocycles. The summed E-state index contributed by atoms with van der Waals surface area (Å²) in [6, 6.07) is 9.62. The second kappa shape index (κ2) is 7.84. The van der Waals surface area contributed by atoms with Crippen LogP contribution in [0.4, 0.5) is 0 Å². The number of nitrogens with one attached hydrogen (secondary N) is 1. The number of carbonyl (C=O) groups is 1. The first-order chi connectivity index (χ1) is 8.63. The molecule has 4 nitrogen and oxygen atoms in total. The molecule has 100 valence electrons. The van der Waals surface area contributed by atoms with E-state index in [2.05, 4.69) is 5.32 Å². The molecule has 0 bridgehead atoms. The number of nitrogens with two attached hydrogens (primary N) is 1. The quantitative estimate of drug-likeness (QED) is 0.671. The van der Waals surface area contributed by atoms with E-state index in [-0.39, 0.29) is 18.4 Å². The van der Waals surface area contributed by atoms with Crippen LogP contribution in [-0.4, -0.2) is 29.7 Å². The van der Waals surface area contributed by atoms with Gasteiger partial charge in [-0.05, 0) is 25.3 Å². The average molecular weight is 250 g/mol. The summed E-state index contributed by atoms with van der Waals surface area (Å²) >= 11 is 0. The van der Waals surface area contributed by atoms with Gasteiger partial charge in [-0.1, -0.05) is 30.3 Å². The summed E-state index contributed by atoms with van der Waals surface area (Å²) in [5, 5.41) is 12.5. The summed E-state index contributed by atoms with van der Waals surface area (Å²) in [4.78, 5) is 11.3. The van der Waals surface area contributed by atoms with Gasteiger partial charge in [0.15, 0.2) is 0 Å². The Morgan fingerprint density at radius 3 is 2.67 bits per heavy atom. The molecule has 0 heterocycles. The number of aliphatic hydroxyl groups excluding tert-OH is 1. The second-order valence-corrected chi connectivity index (χ2v) is 4.41. The Morgan fingerprint density at radius 2 is 2.06 bits per heavy atom. The minimum absolute atomic E-state index is 0.0732. The molecule has 0 aromatic heterocycles.